The molecule has 0 spiro atoms. The third-order valence-corrected chi connectivity index (χ3v) is 3.51. The second kappa shape index (κ2) is 4.94. The van der Waals surface area contributed by atoms with E-state index in [9.17, 15) is 4.79 Å². The number of carbonyl (C=O) groups is 1. The Kier molecular flexibility index (Phi) is 3.59. The van der Waals surface area contributed by atoms with Crippen molar-refractivity contribution < 1.29 is 14.6 Å². The Morgan fingerprint density at radius 1 is 1.47 bits per heavy atom. The van der Waals surface area contributed by atoms with Crippen molar-refractivity contribution in [3.8, 4) is 0 Å². The third-order valence-electron chi connectivity index (χ3n) is 3.51. The van der Waals surface area contributed by atoms with Gasteiger partial charge in [-0.1, -0.05) is 0 Å². The van der Waals surface area contributed by atoms with Crippen LogP contribution in [0, 0.1) is 5.92 Å². The molecule has 0 aliphatic carbocycles. The smallest absolute Gasteiger partial charge is 0.303 e. The van der Waals surface area contributed by atoms with Gasteiger partial charge in [-0.3, -0.25) is 9.69 Å². The summed E-state index contributed by atoms with van der Waals surface area (Å²) < 4.78 is 5.37. The molecule has 2 unspecified atom stereocenters. The van der Waals surface area contributed by atoms with Crippen molar-refractivity contribution in [3.05, 3.63) is 0 Å². The number of carboxylic acids is 1. The zero-order valence-corrected chi connectivity index (χ0v) is 9.02. The van der Waals surface area contributed by atoms with Crippen LogP contribution in [0.5, 0.6) is 0 Å². The summed E-state index contributed by atoms with van der Waals surface area (Å²) in [5.41, 5.74) is 0. The van der Waals surface area contributed by atoms with Gasteiger partial charge in [0.25, 0.3) is 0 Å². The van der Waals surface area contributed by atoms with E-state index in [4.69, 9.17) is 9.84 Å². The van der Waals surface area contributed by atoms with Crippen LogP contribution in [-0.4, -0.2) is 48.3 Å². The fraction of sp³-hybridized carbons (Fsp3) is 0.909. The van der Waals surface area contributed by atoms with Gasteiger partial charge in [-0.2, -0.15) is 0 Å². The molecule has 86 valence electrons. The van der Waals surface area contributed by atoms with Gasteiger partial charge in [0.2, 0.25) is 0 Å². The average molecular weight is 213 g/mol. The second-order valence-corrected chi connectivity index (χ2v) is 4.60. The van der Waals surface area contributed by atoms with Gasteiger partial charge in [-0.15, -0.1) is 0 Å². The van der Waals surface area contributed by atoms with Crippen LogP contribution in [0.4, 0.5) is 0 Å². The van der Waals surface area contributed by atoms with Crippen molar-refractivity contribution >= 4 is 5.97 Å². The van der Waals surface area contributed by atoms with Crippen molar-refractivity contribution in [2.45, 2.75) is 31.7 Å². The summed E-state index contributed by atoms with van der Waals surface area (Å²) in [5.74, 6) is -0.0839. The predicted molar refractivity (Wildman–Crippen MR) is 55.8 cm³/mol. The highest BCUT2D eigenvalue weighted by molar-refractivity contribution is 5.66. The van der Waals surface area contributed by atoms with Crippen molar-refractivity contribution in [2.24, 2.45) is 5.92 Å². The van der Waals surface area contributed by atoms with Gasteiger partial charge in [-0.05, 0) is 31.7 Å². The molecule has 0 saturated carbocycles. The fourth-order valence-corrected chi connectivity index (χ4v) is 2.57. The Balaban J connectivity index is 1.71. The first-order chi connectivity index (χ1) is 7.25. The number of rotatable bonds is 4. The molecule has 2 fully saturated rings. The first-order valence-corrected chi connectivity index (χ1v) is 5.79. The number of ether oxygens (including phenoxy) is 1. The molecule has 2 saturated heterocycles. The third kappa shape index (κ3) is 2.92. The van der Waals surface area contributed by atoms with E-state index >= 15 is 0 Å². The molecule has 2 aliphatic heterocycles. The molecule has 2 atom stereocenters. The van der Waals surface area contributed by atoms with Crippen LogP contribution in [0.25, 0.3) is 0 Å². The lowest BCUT2D eigenvalue weighted by Gasteiger charge is -2.22. The number of aliphatic carboxylic acids is 1. The van der Waals surface area contributed by atoms with Gasteiger partial charge in [0, 0.05) is 25.6 Å². The lowest BCUT2D eigenvalue weighted by atomic mass is 10.0. The van der Waals surface area contributed by atoms with E-state index in [1.165, 1.54) is 0 Å². The van der Waals surface area contributed by atoms with Crippen molar-refractivity contribution in [1.29, 1.82) is 0 Å². The standard InChI is InChI=1S/C11H19NO3/c13-11(14)2-1-9-3-5-12(7-9)10-4-6-15-8-10/h9-10H,1-8H2,(H,13,14). The molecule has 4 heteroatoms. The zero-order valence-electron chi connectivity index (χ0n) is 9.02. The molecule has 0 bridgehead atoms. The molecule has 0 aromatic carbocycles. The summed E-state index contributed by atoms with van der Waals surface area (Å²) in [7, 11) is 0. The molecule has 0 radical (unpaired) electrons. The Hall–Kier alpha value is -0.610. The van der Waals surface area contributed by atoms with Crippen LogP contribution in [0.1, 0.15) is 25.7 Å². The Bertz CT molecular complexity index is 226. The molecule has 0 aromatic rings. The number of hydrogen-bond acceptors (Lipinski definition) is 3. The van der Waals surface area contributed by atoms with E-state index in [1.807, 2.05) is 0 Å². The van der Waals surface area contributed by atoms with E-state index in [0.717, 1.165) is 45.6 Å². The van der Waals surface area contributed by atoms with Crippen molar-refractivity contribution in [3.63, 3.8) is 0 Å². The van der Waals surface area contributed by atoms with E-state index < -0.39 is 5.97 Å². The number of carboxylic acid groups (broad SMARTS) is 1. The average Bonchev–Trinajstić information content (AvgIpc) is 2.85. The van der Waals surface area contributed by atoms with Gasteiger partial charge in [0.15, 0.2) is 0 Å². The van der Waals surface area contributed by atoms with Crippen LogP contribution in [0.2, 0.25) is 0 Å². The normalized spacial score (nSPS) is 32.3. The minimum Gasteiger partial charge on any atom is -0.481 e. The van der Waals surface area contributed by atoms with Gasteiger partial charge < -0.3 is 9.84 Å². The van der Waals surface area contributed by atoms with Crippen molar-refractivity contribution in [1.82, 2.24) is 4.90 Å². The monoisotopic (exact) mass is 213 g/mol. The molecular weight excluding hydrogens is 194 g/mol. The maximum atomic E-state index is 10.5. The second-order valence-electron chi connectivity index (χ2n) is 4.60. The topological polar surface area (TPSA) is 49.8 Å². The fourth-order valence-electron chi connectivity index (χ4n) is 2.57. The highest BCUT2D eigenvalue weighted by Gasteiger charge is 2.30. The summed E-state index contributed by atoms with van der Waals surface area (Å²) in [6.45, 7) is 3.95. The summed E-state index contributed by atoms with van der Waals surface area (Å²) in [4.78, 5) is 12.9. The number of nitrogens with zero attached hydrogens (tertiary/aromatic N) is 1. The Morgan fingerprint density at radius 3 is 3.00 bits per heavy atom. The molecule has 0 aromatic heterocycles. The molecule has 15 heavy (non-hydrogen) atoms. The number of hydrogen-bond donors (Lipinski definition) is 1. The summed E-state index contributed by atoms with van der Waals surface area (Å²) in [5, 5.41) is 8.62. The quantitative estimate of drug-likeness (QED) is 0.755. The summed E-state index contributed by atoms with van der Waals surface area (Å²) in [6, 6.07) is 0.597. The summed E-state index contributed by atoms with van der Waals surface area (Å²) >= 11 is 0. The van der Waals surface area contributed by atoms with Crippen LogP contribution in [-0.2, 0) is 9.53 Å². The highest BCUT2D eigenvalue weighted by atomic mass is 16.5. The Labute approximate surface area is 90.2 Å². The highest BCUT2D eigenvalue weighted by Crippen LogP contribution is 2.25. The van der Waals surface area contributed by atoms with Gasteiger partial charge >= 0.3 is 5.97 Å². The molecule has 2 rings (SSSR count). The van der Waals surface area contributed by atoms with Crippen molar-refractivity contribution in [2.75, 3.05) is 26.3 Å². The summed E-state index contributed by atoms with van der Waals surface area (Å²) in [6.07, 6.45) is 3.45. The van der Waals surface area contributed by atoms with E-state index in [1.54, 1.807) is 0 Å². The molecular formula is C11H19NO3. The Morgan fingerprint density at radius 2 is 2.33 bits per heavy atom. The van der Waals surface area contributed by atoms with Crippen LogP contribution < -0.4 is 0 Å². The van der Waals surface area contributed by atoms with Crippen LogP contribution in [0.15, 0.2) is 0 Å². The minimum absolute atomic E-state index is 0.319. The predicted octanol–water partition coefficient (Wildman–Crippen LogP) is 0.962. The van der Waals surface area contributed by atoms with Gasteiger partial charge in [0.05, 0.1) is 6.61 Å². The van der Waals surface area contributed by atoms with E-state index in [-0.39, 0.29) is 0 Å². The molecule has 1 N–H and O–H groups in total. The van der Waals surface area contributed by atoms with Gasteiger partial charge in [0.1, 0.15) is 0 Å². The number of likely N-dealkylation sites (tertiary alicyclic amines) is 1. The van der Waals surface area contributed by atoms with Crippen LogP contribution >= 0.6 is 0 Å². The molecule has 2 heterocycles. The zero-order chi connectivity index (χ0) is 10.7. The van der Waals surface area contributed by atoms with E-state index in [2.05, 4.69) is 4.90 Å². The first-order valence-electron chi connectivity index (χ1n) is 5.79. The molecule has 2 aliphatic rings. The minimum atomic E-state index is -0.669. The lowest BCUT2D eigenvalue weighted by molar-refractivity contribution is -0.137. The maximum absolute atomic E-state index is 10.5. The van der Waals surface area contributed by atoms with E-state index in [0.29, 0.717) is 18.4 Å². The molecule has 4 nitrogen and oxygen atoms in total. The van der Waals surface area contributed by atoms with Gasteiger partial charge in [-0.25, -0.2) is 0 Å². The maximum Gasteiger partial charge on any atom is 0.303 e. The first kappa shape index (κ1) is 10.9. The lowest BCUT2D eigenvalue weighted by Crippen LogP contribution is -2.33. The largest absolute Gasteiger partial charge is 0.481 e. The SMILES string of the molecule is O=C(O)CCC1CCN(C2CCOC2)C1. The molecule has 0 amide bonds. The van der Waals surface area contributed by atoms with Crippen LogP contribution in [0.3, 0.4) is 0 Å².